The van der Waals surface area contributed by atoms with Crippen LogP contribution in [-0.2, 0) is 22.7 Å². The molecule has 3 amide bonds. The zero-order chi connectivity index (χ0) is 29.0. The fourth-order valence-electron chi connectivity index (χ4n) is 4.90. The van der Waals surface area contributed by atoms with E-state index in [1.807, 2.05) is 4.90 Å². The molecule has 1 aliphatic heterocycles. The monoisotopic (exact) mass is 572 g/mol. The molecule has 1 atom stereocenters. The number of amides is 3. The van der Waals surface area contributed by atoms with Crippen LogP contribution in [0.4, 0.5) is 4.39 Å². The number of primary amides is 1. The SMILES string of the molecule is CC(C)N(CC(=O)NCc1cccc(Cl)c1F)C(=O)Cn1nc(C(N)=O)c2cc(C(O)N3CCCCC3)ccc21. The lowest BCUT2D eigenvalue weighted by Gasteiger charge is -2.31. The molecule has 1 fully saturated rings. The lowest BCUT2D eigenvalue weighted by atomic mass is 10.1. The van der Waals surface area contributed by atoms with Gasteiger partial charge in [-0.1, -0.05) is 36.2 Å². The van der Waals surface area contributed by atoms with Crippen molar-refractivity contribution in [3.05, 3.63) is 64.1 Å². The number of hydrogen-bond donors (Lipinski definition) is 3. The minimum Gasteiger partial charge on any atom is -0.374 e. The number of carbonyl (C=O) groups is 3. The van der Waals surface area contributed by atoms with Gasteiger partial charge in [-0.2, -0.15) is 5.10 Å². The van der Waals surface area contributed by atoms with E-state index in [9.17, 15) is 23.9 Å². The minimum atomic E-state index is -0.828. The number of aliphatic hydroxyl groups excluding tert-OH is 1. The molecule has 1 aromatic heterocycles. The lowest BCUT2D eigenvalue weighted by Crippen LogP contribution is -2.45. The molecule has 4 N–H and O–H groups in total. The average molecular weight is 573 g/mol. The largest absolute Gasteiger partial charge is 0.374 e. The van der Waals surface area contributed by atoms with Crippen LogP contribution in [0.5, 0.6) is 0 Å². The molecule has 0 spiro atoms. The summed E-state index contributed by atoms with van der Waals surface area (Å²) in [7, 11) is 0. The molecular weight excluding hydrogens is 539 g/mol. The summed E-state index contributed by atoms with van der Waals surface area (Å²) in [4.78, 5) is 41.5. The van der Waals surface area contributed by atoms with Gasteiger partial charge in [0.1, 0.15) is 18.6 Å². The van der Waals surface area contributed by atoms with E-state index < -0.39 is 29.8 Å². The molecule has 0 saturated carbocycles. The van der Waals surface area contributed by atoms with Gasteiger partial charge in [-0.3, -0.25) is 24.0 Å². The second-order valence-corrected chi connectivity index (χ2v) is 10.6. The van der Waals surface area contributed by atoms with Crippen LogP contribution in [0.1, 0.15) is 61.0 Å². The van der Waals surface area contributed by atoms with E-state index in [1.54, 1.807) is 38.1 Å². The van der Waals surface area contributed by atoms with Gasteiger partial charge in [-0.05, 0) is 50.5 Å². The van der Waals surface area contributed by atoms with Crippen LogP contribution in [-0.4, -0.2) is 68.1 Å². The van der Waals surface area contributed by atoms with Crippen molar-refractivity contribution in [2.75, 3.05) is 19.6 Å². The molecule has 3 aromatic rings. The molecule has 0 bridgehead atoms. The fourth-order valence-corrected chi connectivity index (χ4v) is 5.09. The second-order valence-electron chi connectivity index (χ2n) is 10.2. The Morgan fingerprint density at radius 1 is 1.18 bits per heavy atom. The number of nitrogens with two attached hydrogens (primary N) is 1. The van der Waals surface area contributed by atoms with Crippen molar-refractivity contribution >= 4 is 40.2 Å². The molecule has 0 aliphatic carbocycles. The van der Waals surface area contributed by atoms with E-state index in [0.717, 1.165) is 32.4 Å². The standard InChI is InChI=1S/C28H34ClFN6O4/c1-17(2)35(15-23(37)32-14-19-7-6-8-21(29)25(19)30)24(38)16-36-22-10-9-18(13-20(22)26(33-36)27(31)39)28(40)34-11-4-3-5-12-34/h6-10,13,17,28,40H,3-5,11-12,14-16H2,1-2H3,(H2,31,39)(H,32,37). The molecule has 12 heteroatoms. The van der Waals surface area contributed by atoms with E-state index in [4.69, 9.17) is 17.3 Å². The van der Waals surface area contributed by atoms with Crippen molar-refractivity contribution < 1.29 is 23.9 Å². The highest BCUT2D eigenvalue weighted by Crippen LogP contribution is 2.27. The van der Waals surface area contributed by atoms with Gasteiger partial charge in [-0.15, -0.1) is 0 Å². The highest BCUT2D eigenvalue weighted by Gasteiger charge is 2.25. The molecule has 2 aromatic carbocycles. The van der Waals surface area contributed by atoms with Gasteiger partial charge in [0, 0.05) is 36.6 Å². The van der Waals surface area contributed by atoms with Crippen molar-refractivity contribution in [1.82, 2.24) is 24.9 Å². The van der Waals surface area contributed by atoms with Crippen LogP contribution < -0.4 is 11.1 Å². The molecule has 4 rings (SSSR count). The van der Waals surface area contributed by atoms with Crippen LogP contribution >= 0.6 is 11.6 Å². The van der Waals surface area contributed by atoms with E-state index in [1.165, 1.54) is 21.7 Å². The zero-order valence-corrected chi connectivity index (χ0v) is 23.3. The van der Waals surface area contributed by atoms with Gasteiger partial charge in [0.15, 0.2) is 5.69 Å². The number of rotatable bonds is 10. The Hall–Kier alpha value is -3.54. The number of halogens is 2. The number of piperidine rings is 1. The summed E-state index contributed by atoms with van der Waals surface area (Å²) in [6.07, 6.45) is 2.32. The number of aliphatic hydroxyl groups is 1. The molecule has 1 unspecified atom stereocenters. The smallest absolute Gasteiger partial charge is 0.269 e. The molecule has 2 heterocycles. The van der Waals surface area contributed by atoms with Gasteiger partial charge >= 0.3 is 0 Å². The van der Waals surface area contributed by atoms with Gasteiger partial charge in [0.25, 0.3) is 5.91 Å². The number of likely N-dealkylation sites (tertiary alicyclic amines) is 1. The summed E-state index contributed by atoms with van der Waals surface area (Å²) in [5.41, 5.74) is 6.93. The van der Waals surface area contributed by atoms with Crippen LogP contribution in [0.2, 0.25) is 5.02 Å². The topological polar surface area (TPSA) is 134 Å². The first kappa shape index (κ1) is 29.4. The molecule has 40 heavy (non-hydrogen) atoms. The number of carbonyl (C=O) groups excluding carboxylic acids is 3. The predicted octanol–water partition coefficient (Wildman–Crippen LogP) is 2.96. The Morgan fingerprint density at radius 2 is 1.90 bits per heavy atom. The maximum absolute atomic E-state index is 14.2. The Kier molecular flexibility index (Phi) is 9.39. The molecule has 1 aliphatic rings. The summed E-state index contributed by atoms with van der Waals surface area (Å²) < 4.78 is 15.5. The summed E-state index contributed by atoms with van der Waals surface area (Å²) in [5, 5.41) is 18.2. The van der Waals surface area contributed by atoms with Crippen LogP contribution in [0.15, 0.2) is 36.4 Å². The molecule has 0 radical (unpaired) electrons. The summed E-state index contributed by atoms with van der Waals surface area (Å²) in [6, 6.07) is 9.33. The second kappa shape index (κ2) is 12.8. The number of hydrogen-bond acceptors (Lipinski definition) is 6. The minimum absolute atomic E-state index is 0.00659. The van der Waals surface area contributed by atoms with Crippen LogP contribution in [0.25, 0.3) is 10.9 Å². The highest BCUT2D eigenvalue weighted by molar-refractivity contribution is 6.30. The third-order valence-electron chi connectivity index (χ3n) is 7.09. The third kappa shape index (κ3) is 6.60. The predicted molar refractivity (Wildman–Crippen MR) is 149 cm³/mol. The van der Waals surface area contributed by atoms with E-state index >= 15 is 0 Å². The molecule has 1 saturated heterocycles. The summed E-state index contributed by atoms with van der Waals surface area (Å²) >= 11 is 5.80. The quantitative estimate of drug-likeness (QED) is 0.342. The van der Waals surface area contributed by atoms with E-state index in [2.05, 4.69) is 10.4 Å². The number of benzene rings is 2. The molecular formula is C28H34ClFN6O4. The zero-order valence-electron chi connectivity index (χ0n) is 22.6. The number of aromatic nitrogens is 2. The first-order valence-electron chi connectivity index (χ1n) is 13.3. The normalized spacial score (nSPS) is 14.8. The van der Waals surface area contributed by atoms with Crippen molar-refractivity contribution in [2.45, 2.75) is 58.5 Å². The van der Waals surface area contributed by atoms with Crippen LogP contribution in [0, 0.1) is 5.82 Å². The van der Waals surface area contributed by atoms with Gasteiger partial charge in [0.2, 0.25) is 11.8 Å². The Morgan fingerprint density at radius 3 is 2.58 bits per heavy atom. The van der Waals surface area contributed by atoms with Gasteiger partial charge in [-0.25, -0.2) is 4.39 Å². The highest BCUT2D eigenvalue weighted by atomic mass is 35.5. The van der Waals surface area contributed by atoms with Crippen molar-refractivity contribution in [3.8, 4) is 0 Å². The third-order valence-corrected chi connectivity index (χ3v) is 7.38. The van der Waals surface area contributed by atoms with E-state index in [-0.39, 0.29) is 42.0 Å². The van der Waals surface area contributed by atoms with Gasteiger partial charge < -0.3 is 21.1 Å². The Balaban J connectivity index is 1.50. The first-order valence-corrected chi connectivity index (χ1v) is 13.7. The van der Waals surface area contributed by atoms with Crippen LogP contribution in [0.3, 0.4) is 0 Å². The maximum atomic E-state index is 14.2. The summed E-state index contributed by atoms with van der Waals surface area (Å²) in [5.74, 6) is -2.24. The first-order chi connectivity index (χ1) is 19.1. The molecule has 10 nitrogen and oxygen atoms in total. The lowest BCUT2D eigenvalue weighted by molar-refractivity contribution is -0.138. The van der Waals surface area contributed by atoms with E-state index in [0.29, 0.717) is 16.5 Å². The number of nitrogens with zero attached hydrogens (tertiary/aromatic N) is 4. The van der Waals surface area contributed by atoms with Crippen molar-refractivity contribution in [2.24, 2.45) is 5.73 Å². The average Bonchev–Trinajstić information content (AvgIpc) is 3.30. The Bertz CT molecular complexity index is 1400. The van der Waals surface area contributed by atoms with Gasteiger partial charge in [0.05, 0.1) is 17.1 Å². The fraction of sp³-hybridized carbons (Fsp3) is 0.429. The van der Waals surface area contributed by atoms with Crippen molar-refractivity contribution in [3.63, 3.8) is 0 Å². The molecule has 214 valence electrons. The number of nitrogens with one attached hydrogen (secondary N) is 1. The van der Waals surface area contributed by atoms with Crippen molar-refractivity contribution in [1.29, 1.82) is 0 Å². The number of fused-ring (bicyclic) bond motifs is 1. The maximum Gasteiger partial charge on any atom is 0.269 e. The Labute approximate surface area is 236 Å². The summed E-state index contributed by atoms with van der Waals surface area (Å²) in [6.45, 7) is 4.52.